The van der Waals surface area contributed by atoms with Gasteiger partial charge < -0.3 is 4.84 Å². The van der Waals surface area contributed by atoms with Gasteiger partial charge in [-0.25, -0.2) is 0 Å². The van der Waals surface area contributed by atoms with Crippen molar-refractivity contribution in [3.63, 3.8) is 0 Å². The number of carbonyl (C=O) groups is 1. The molecule has 0 amide bonds. The number of oxime groups is 1. The highest BCUT2D eigenvalue weighted by Gasteiger charge is 2.16. The van der Waals surface area contributed by atoms with E-state index in [4.69, 9.17) is 16.9 Å². The first-order chi connectivity index (χ1) is 7.20. The number of hydrogen-bond donors (Lipinski definition) is 0. The lowest BCUT2D eigenvalue weighted by atomic mass is 10.1. The number of halogens is 1. The van der Waals surface area contributed by atoms with Crippen LogP contribution in [-0.4, -0.2) is 18.6 Å². The molecule has 0 aliphatic carbocycles. The van der Waals surface area contributed by atoms with Crippen molar-refractivity contribution in [2.45, 2.75) is 0 Å². The van der Waals surface area contributed by atoms with Gasteiger partial charge in [0.1, 0.15) is 13.2 Å². The lowest BCUT2D eigenvalue weighted by Gasteiger charge is -1.99. The zero-order valence-electron chi connectivity index (χ0n) is 7.90. The monoisotopic (exact) mass is 222 g/mol. The van der Waals surface area contributed by atoms with Gasteiger partial charge in [0.25, 0.3) is 0 Å². The van der Waals surface area contributed by atoms with E-state index in [1.54, 1.807) is 24.3 Å². The Hall–Kier alpha value is -1.86. The summed E-state index contributed by atoms with van der Waals surface area (Å²) in [6, 6.07) is 8.08. The van der Waals surface area contributed by atoms with Crippen molar-refractivity contribution in [3.05, 3.63) is 34.9 Å². The van der Waals surface area contributed by atoms with E-state index in [0.29, 0.717) is 0 Å². The first-order valence-corrected chi connectivity index (χ1v) is 4.39. The van der Waals surface area contributed by atoms with Crippen molar-refractivity contribution >= 4 is 23.1 Å². The lowest BCUT2D eigenvalue weighted by Crippen LogP contribution is -2.13. The van der Waals surface area contributed by atoms with Crippen LogP contribution in [0.4, 0.5) is 0 Å². The Morgan fingerprint density at radius 1 is 1.53 bits per heavy atom. The van der Waals surface area contributed by atoms with Crippen LogP contribution in [0, 0.1) is 11.3 Å². The molecule has 0 atom stereocenters. The van der Waals surface area contributed by atoms with E-state index in [0.717, 1.165) is 0 Å². The molecule has 1 aromatic rings. The van der Waals surface area contributed by atoms with Crippen molar-refractivity contribution in [3.8, 4) is 6.07 Å². The van der Waals surface area contributed by atoms with E-state index in [1.165, 1.54) is 13.2 Å². The Morgan fingerprint density at radius 2 is 2.20 bits per heavy atom. The van der Waals surface area contributed by atoms with Crippen molar-refractivity contribution in [2.24, 2.45) is 5.16 Å². The fourth-order valence-corrected chi connectivity index (χ4v) is 1.20. The quantitative estimate of drug-likeness (QED) is 0.447. The second-order valence-corrected chi connectivity index (χ2v) is 2.95. The van der Waals surface area contributed by atoms with Crippen LogP contribution >= 0.6 is 11.6 Å². The third-order valence-corrected chi connectivity index (χ3v) is 1.95. The van der Waals surface area contributed by atoms with Gasteiger partial charge in [-0.05, 0) is 12.1 Å². The zero-order chi connectivity index (χ0) is 11.3. The summed E-state index contributed by atoms with van der Waals surface area (Å²) >= 11 is 5.79. The fraction of sp³-hybridized carbons (Fsp3) is 0.100. The Morgan fingerprint density at radius 3 is 2.73 bits per heavy atom. The van der Waals surface area contributed by atoms with Crippen molar-refractivity contribution in [1.29, 1.82) is 5.26 Å². The maximum atomic E-state index is 11.7. The van der Waals surface area contributed by atoms with Gasteiger partial charge in [0, 0.05) is 5.56 Å². The summed E-state index contributed by atoms with van der Waals surface area (Å²) in [4.78, 5) is 16.0. The number of hydrogen-bond acceptors (Lipinski definition) is 4. The molecule has 0 unspecified atom stereocenters. The second-order valence-electron chi connectivity index (χ2n) is 2.54. The van der Waals surface area contributed by atoms with Crippen LogP contribution < -0.4 is 0 Å². The van der Waals surface area contributed by atoms with Gasteiger partial charge in [0.2, 0.25) is 11.5 Å². The topological polar surface area (TPSA) is 62.4 Å². The molecular weight excluding hydrogens is 216 g/mol. The summed E-state index contributed by atoms with van der Waals surface area (Å²) in [5.41, 5.74) is -0.0953. The predicted octanol–water partition coefficient (Wildman–Crippen LogP) is 2.05. The zero-order valence-corrected chi connectivity index (χ0v) is 8.65. The number of rotatable bonds is 3. The lowest BCUT2D eigenvalue weighted by molar-refractivity contribution is 0.106. The molecule has 0 fully saturated rings. The van der Waals surface area contributed by atoms with E-state index < -0.39 is 5.78 Å². The van der Waals surface area contributed by atoms with Gasteiger partial charge in [-0.15, -0.1) is 0 Å². The Balaban J connectivity index is 3.11. The fourth-order valence-electron chi connectivity index (χ4n) is 0.977. The maximum absolute atomic E-state index is 11.7. The molecule has 5 heteroatoms. The SMILES string of the molecule is CO/N=C(\C#N)C(=O)c1ccccc1Cl. The minimum Gasteiger partial charge on any atom is -0.398 e. The number of carbonyl (C=O) groups excluding carboxylic acids is 1. The van der Waals surface area contributed by atoms with E-state index in [1.807, 2.05) is 0 Å². The molecule has 0 aliphatic heterocycles. The number of ketones is 1. The average Bonchev–Trinajstić information content (AvgIpc) is 2.25. The summed E-state index contributed by atoms with van der Waals surface area (Å²) in [5, 5.41) is 12.2. The highest BCUT2D eigenvalue weighted by molar-refractivity contribution is 6.53. The van der Waals surface area contributed by atoms with E-state index in [-0.39, 0.29) is 16.3 Å². The van der Waals surface area contributed by atoms with Crippen molar-refractivity contribution in [2.75, 3.05) is 7.11 Å². The van der Waals surface area contributed by atoms with Crippen LogP contribution in [-0.2, 0) is 4.84 Å². The van der Waals surface area contributed by atoms with Gasteiger partial charge in [-0.1, -0.05) is 28.9 Å². The minimum absolute atomic E-state index is 0.233. The largest absolute Gasteiger partial charge is 0.398 e. The van der Waals surface area contributed by atoms with Gasteiger partial charge in [0.15, 0.2) is 0 Å². The van der Waals surface area contributed by atoms with Crippen LogP contribution in [0.2, 0.25) is 5.02 Å². The van der Waals surface area contributed by atoms with Gasteiger partial charge >= 0.3 is 0 Å². The summed E-state index contributed by atoms with van der Waals surface area (Å²) < 4.78 is 0. The smallest absolute Gasteiger partial charge is 0.227 e. The number of nitriles is 1. The van der Waals surface area contributed by atoms with E-state index >= 15 is 0 Å². The molecule has 0 bridgehead atoms. The molecule has 0 aromatic heterocycles. The number of nitrogens with zero attached hydrogens (tertiary/aromatic N) is 2. The molecule has 1 aromatic carbocycles. The highest BCUT2D eigenvalue weighted by Crippen LogP contribution is 2.15. The highest BCUT2D eigenvalue weighted by atomic mass is 35.5. The molecule has 15 heavy (non-hydrogen) atoms. The van der Waals surface area contributed by atoms with E-state index in [9.17, 15) is 4.79 Å². The van der Waals surface area contributed by atoms with Crippen LogP contribution in [0.1, 0.15) is 10.4 Å². The molecule has 0 saturated heterocycles. The summed E-state index contributed by atoms with van der Waals surface area (Å²) in [5.74, 6) is -0.551. The molecule has 0 N–H and O–H groups in total. The van der Waals surface area contributed by atoms with Crippen LogP contribution in [0.5, 0.6) is 0 Å². The molecule has 0 saturated carbocycles. The van der Waals surface area contributed by atoms with Crippen LogP contribution in [0.15, 0.2) is 29.4 Å². The molecular formula is C10H7ClN2O2. The molecule has 4 nitrogen and oxygen atoms in total. The summed E-state index contributed by atoms with van der Waals surface area (Å²) in [7, 11) is 1.26. The minimum atomic E-state index is -0.551. The first kappa shape index (κ1) is 11.2. The molecule has 0 spiro atoms. The van der Waals surface area contributed by atoms with E-state index in [2.05, 4.69) is 9.99 Å². The number of benzene rings is 1. The van der Waals surface area contributed by atoms with Gasteiger partial charge in [0.05, 0.1) is 5.02 Å². The molecule has 76 valence electrons. The Kier molecular flexibility index (Phi) is 3.83. The summed E-state index contributed by atoms with van der Waals surface area (Å²) in [6.45, 7) is 0. The predicted molar refractivity (Wildman–Crippen MR) is 55.8 cm³/mol. The maximum Gasteiger partial charge on any atom is 0.227 e. The first-order valence-electron chi connectivity index (χ1n) is 4.01. The molecule has 0 heterocycles. The van der Waals surface area contributed by atoms with Gasteiger partial charge in [-0.3, -0.25) is 4.79 Å². The third kappa shape index (κ3) is 2.55. The average molecular weight is 223 g/mol. The Bertz CT molecular complexity index is 449. The van der Waals surface area contributed by atoms with Gasteiger partial charge in [-0.2, -0.15) is 5.26 Å². The second kappa shape index (κ2) is 5.13. The molecule has 1 rings (SSSR count). The Labute approximate surface area is 91.7 Å². The molecule has 0 radical (unpaired) electrons. The van der Waals surface area contributed by atoms with Crippen LogP contribution in [0.3, 0.4) is 0 Å². The number of Topliss-reactive ketones (excluding diaryl/α,β-unsaturated/α-hetero) is 1. The van der Waals surface area contributed by atoms with Crippen molar-refractivity contribution < 1.29 is 9.63 Å². The summed E-state index contributed by atoms with van der Waals surface area (Å²) in [6.07, 6.45) is 0. The molecule has 0 aliphatic rings. The normalized spacial score (nSPS) is 10.6. The standard InChI is InChI=1S/C10H7ClN2O2/c1-15-13-9(6-12)10(14)7-4-2-3-5-8(7)11/h2-5H,1H3/b13-9+. The van der Waals surface area contributed by atoms with Crippen LogP contribution in [0.25, 0.3) is 0 Å². The van der Waals surface area contributed by atoms with Crippen molar-refractivity contribution in [1.82, 2.24) is 0 Å². The third-order valence-electron chi connectivity index (χ3n) is 1.62.